The summed E-state index contributed by atoms with van der Waals surface area (Å²) in [6, 6.07) is 7.66. The van der Waals surface area contributed by atoms with Crippen molar-refractivity contribution in [3.05, 3.63) is 29.8 Å². The van der Waals surface area contributed by atoms with Crippen molar-refractivity contribution in [3.63, 3.8) is 0 Å². The molecule has 0 aliphatic carbocycles. The highest BCUT2D eigenvalue weighted by Crippen LogP contribution is 2.21. The molecule has 0 saturated heterocycles. The van der Waals surface area contributed by atoms with Gasteiger partial charge in [-0.1, -0.05) is 12.1 Å². The zero-order chi connectivity index (χ0) is 14.5. The number of nitrogens with zero attached hydrogens (tertiary/aromatic N) is 4. The van der Waals surface area contributed by atoms with E-state index in [1.807, 2.05) is 38.4 Å². The van der Waals surface area contributed by atoms with Crippen LogP contribution in [-0.4, -0.2) is 36.2 Å². The van der Waals surface area contributed by atoms with Crippen LogP contribution >= 0.6 is 0 Å². The second kappa shape index (κ2) is 6.16. The predicted octanol–water partition coefficient (Wildman–Crippen LogP) is 1.46. The lowest BCUT2D eigenvalue weighted by molar-refractivity contribution is 0.184. The molecule has 0 aliphatic heterocycles. The minimum atomic E-state index is 0.117. The van der Waals surface area contributed by atoms with Crippen molar-refractivity contribution in [2.75, 3.05) is 31.8 Å². The molecule has 0 bridgehead atoms. The molecule has 20 heavy (non-hydrogen) atoms. The minimum Gasteiger partial charge on any atom is -0.424 e. The average Bonchev–Trinajstić information content (AvgIpc) is 2.38. The molecular formula is C13H17N5O2. The van der Waals surface area contributed by atoms with E-state index in [1.54, 1.807) is 12.0 Å². The van der Waals surface area contributed by atoms with Crippen LogP contribution in [0, 0.1) is 0 Å². The van der Waals surface area contributed by atoms with Crippen LogP contribution in [-0.2, 0) is 11.3 Å². The predicted molar refractivity (Wildman–Crippen MR) is 75.8 cm³/mol. The summed E-state index contributed by atoms with van der Waals surface area (Å²) in [4.78, 5) is 13.9. The molecule has 2 aromatic rings. The average molecular weight is 275 g/mol. The first-order valence-corrected chi connectivity index (χ1v) is 6.03. The molecule has 0 radical (unpaired) electrons. The van der Waals surface area contributed by atoms with Crippen LogP contribution in [0.3, 0.4) is 0 Å². The minimum absolute atomic E-state index is 0.117. The van der Waals surface area contributed by atoms with Crippen LogP contribution in [0.15, 0.2) is 24.3 Å². The van der Waals surface area contributed by atoms with Gasteiger partial charge >= 0.3 is 6.01 Å². The number of methoxy groups -OCH3 is 1. The van der Waals surface area contributed by atoms with E-state index in [2.05, 4.69) is 15.0 Å². The second-order valence-electron chi connectivity index (χ2n) is 4.35. The molecule has 0 saturated carbocycles. The van der Waals surface area contributed by atoms with Crippen molar-refractivity contribution >= 4 is 11.9 Å². The Morgan fingerprint density at radius 2 is 2.00 bits per heavy atom. The molecule has 1 aromatic carbocycles. The van der Waals surface area contributed by atoms with Crippen LogP contribution < -0.4 is 15.4 Å². The van der Waals surface area contributed by atoms with Gasteiger partial charge in [0.05, 0.1) is 6.61 Å². The smallest absolute Gasteiger partial charge is 0.328 e. The van der Waals surface area contributed by atoms with Crippen molar-refractivity contribution in [3.8, 4) is 11.8 Å². The van der Waals surface area contributed by atoms with Gasteiger partial charge in [-0.05, 0) is 17.7 Å². The summed E-state index contributed by atoms with van der Waals surface area (Å²) in [5.74, 6) is 1.18. The third-order valence-electron chi connectivity index (χ3n) is 2.44. The highest BCUT2D eigenvalue weighted by atomic mass is 16.5. The second-order valence-corrected chi connectivity index (χ2v) is 4.35. The molecule has 0 fully saturated rings. The maximum Gasteiger partial charge on any atom is 0.328 e. The maximum atomic E-state index is 5.64. The topological polar surface area (TPSA) is 86.4 Å². The number of nitrogen functional groups attached to an aromatic ring is 1. The van der Waals surface area contributed by atoms with Crippen LogP contribution in [0.5, 0.6) is 11.8 Å². The highest BCUT2D eigenvalue weighted by molar-refractivity contribution is 5.36. The Morgan fingerprint density at radius 3 is 2.70 bits per heavy atom. The van der Waals surface area contributed by atoms with E-state index in [0.29, 0.717) is 18.3 Å². The Kier molecular flexibility index (Phi) is 4.31. The number of hydrogen-bond acceptors (Lipinski definition) is 7. The van der Waals surface area contributed by atoms with Crippen molar-refractivity contribution in [2.24, 2.45) is 0 Å². The molecule has 0 aliphatic rings. The van der Waals surface area contributed by atoms with Crippen molar-refractivity contribution < 1.29 is 9.47 Å². The number of nitrogens with two attached hydrogens (primary N) is 1. The number of anilines is 2. The lowest BCUT2D eigenvalue weighted by atomic mass is 10.2. The molecule has 0 unspecified atom stereocenters. The summed E-state index contributed by atoms with van der Waals surface area (Å²) in [6.45, 7) is 0.513. The summed E-state index contributed by atoms with van der Waals surface area (Å²) in [5, 5.41) is 0. The van der Waals surface area contributed by atoms with Gasteiger partial charge in [0.25, 0.3) is 0 Å². The summed E-state index contributed by atoms with van der Waals surface area (Å²) in [5.41, 5.74) is 6.64. The van der Waals surface area contributed by atoms with E-state index >= 15 is 0 Å². The number of rotatable bonds is 5. The van der Waals surface area contributed by atoms with E-state index in [0.717, 1.165) is 5.56 Å². The molecule has 2 rings (SSSR count). The van der Waals surface area contributed by atoms with Gasteiger partial charge in [-0.2, -0.15) is 15.0 Å². The van der Waals surface area contributed by atoms with Crippen LogP contribution in [0.25, 0.3) is 0 Å². The molecular weight excluding hydrogens is 258 g/mol. The quantitative estimate of drug-likeness (QED) is 0.883. The van der Waals surface area contributed by atoms with Gasteiger partial charge < -0.3 is 20.1 Å². The Balaban J connectivity index is 2.23. The third-order valence-corrected chi connectivity index (χ3v) is 2.44. The molecule has 0 amide bonds. The van der Waals surface area contributed by atoms with Gasteiger partial charge in [0.2, 0.25) is 11.9 Å². The normalized spacial score (nSPS) is 10.3. The van der Waals surface area contributed by atoms with Crippen molar-refractivity contribution in [1.82, 2.24) is 15.0 Å². The molecule has 7 nitrogen and oxygen atoms in total. The number of hydrogen-bond donors (Lipinski definition) is 1. The lowest BCUT2D eigenvalue weighted by Gasteiger charge is -2.11. The maximum absolute atomic E-state index is 5.64. The largest absolute Gasteiger partial charge is 0.424 e. The van der Waals surface area contributed by atoms with Gasteiger partial charge in [0, 0.05) is 21.2 Å². The van der Waals surface area contributed by atoms with Crippen molar-refractivity contribution in [2.45, 2.75) is 6.61 Å². The first kappa shape index (κ1) is 14.0. The monoisotopic (exact) mass is 275 g/mol. The SMILES string of the molecule is COCc1cccc(Oc2nc(N)nc(N(C)C)n2)c1. The molecule has 1 aromatic heterocycles. The van der Waals surface area contributed by atoms with Gasteiger partial charge in [-0.3, -0.25) is 0 Å². The molecule has 0 atom stereocenters. The van der Waals surface area contributed by atoms with Crippen molar-refractivity contribution in [1.29, 1.82) is 0 Å². The zero-order valence-electron chi connectivity index (χ0n) is 11.7. The number of aromatic nitrogens is 3. The van der Waals surface area contributed by atoms with Gasteiger partial charge in [-0.15, -0.1) is 0 Å². The Labute approximate surface area is 117 Å². The first-order chi connectivity index (χ1) is 9.58. The summed E-state index contributed by atoms with van der Waals surface area (Å²) < 4.78 is 10.7. The first-order valence-electron chi connectivity index (χ1n) is 6.03. The number of benzene rings is 1. The van der Waals surface area contributed by atoms with Gasteiger partial charge in [0.1, 0.15) is 5.75 Å². The van der Waals surface area contributed by atoms with E-state index < -0.39 is 0 Å². The number of ether oxygens (including phenoxy) is 2. The lowest BCUT2D eigenvalue weighted by Crippen LogP contribution is -2.15. The fourth-order valence-corrected chi connectivity index (χ4v) is 1.58. The molecule has 2 N–H and O–H groups in total. The van der Waals surface area contributed by atoms with E-state index in [1.165, 1.54) is 0 Å². The van der Waals surface area contributed by atoms with Crippen LogP contribution in [0.4, 0.5) is 11.9 Å². The van der Waals surface area contributed by atoms with E-state index in [-0.39, 0.29) is 12.0 Å². The fourth-order valence-electron chi connectivity index (χ4n) is 1.58. The summed E-state index contributed by atoms with van der Waals surface area (Å²) in [6.07, 6.45) is 0. The van der Waals surface area contributed by atoms with Crippen LogP contribution in [0.1, 0.15) is 5.56 Å². The molecule has 1 heterocycles. The fraction of sp³-hybridized carbons (Fsp3) is 0.308. The third kappa shape index (κ3) is 3.55. The van der Waals surface area contributed by atoms with Gasteiger partial charge in [-0.25, -0.2) is 0 Å². The van der Waals surface area contributed by atoms with Crippen LogP contribution in [0.2, 0.25) is 0 Å². The zero-order valence-corrected chi connectivity index (χ0v) is 11.7. The Bertz CT molecular complexity index is 589. The molecule has 0 spiro atoms. The van der Waals surface area contributed by atoms with Gasteiger partial charge in [0.15, 0.2) is 0 Å². The summed E-state index contributed by atoms with van der Waals surface area (Å²) in [7, 11) is 5.28. The summed E-state index contributed by atoms with van der Waals surface area (Å²) >= 11 is 0. The van der Waals surface area contributed by atoms with E-state index in [4.69, 9.17) is 15.2 Å². The van der Waals surface area contributed by atoms with E-state index in [9.17, 15) is 0 Å². The standard InChI is InChI=1S/C13H17N5O2/c1-18(2)12-15-11(14)16-13(17-12)20-10-6-4-5-9(7-10)8-19-3/h4-7H,8H2,1-3H3,(H2,14,15,16,17). The Morgan fingerprint density at radius 1 is 1.20 bits per heavy atom. The Hall–Kier alpha value is -2.41. The molecule has 7 heteroatoms. The highest BCUT2D eigenvalue weighted by Gasteiger charge is 2.08. The molecule has 106 valence electrons.